The highest BCUT2D eigenvalue weighted by Crippen LogP contribution is 2.24. The highest BCUT2D eigenvalue weighted by atomic mass is 16.3. The third kappa shape index (κ3) is 4.05. The Hall–Kier alpha value is -2.40. The second kappa shape index (κ2) is 7.87. The molecule has 1 aromatic heterocycles. The third-order valence-corrected chi connectivity index (χ3v) is 5.40. The number of carbonyl (C=O) groups excluding carboxylic acids is 1. The van der Waals surface area contributed by atoms with Gasteiger partial charge in [0, 0.05) is 38.0 Å². The van der Waals surface area contributed by atoms with Crippen LogP contribution >= 0.6 is 0 Å². The summed E-state index contributed by atoms with van der Waals surface area (Å²) >= 11 is 0. The number of amides is 1. The number of rotatable bonds is 4. The van der Waals surface area contributed by atoms with E-state index in [1.54, 1.807) is 16.5 Å². The van der Waals surface area contributed by atoms with Gasteiger partial charge >= 0.3 is 0 Å². The molecule has 1 atom stereocenters. The summed E-state index contributed by atoms with van der Waals surface area (Å²) in [5.41, 5.74) is 2.19. The van der Waals surface area contributed by atoms with Crippen LogP contribution in [0.4, 0.5) is 0 Å². The van der Waals surface area contributed by atoms with E-state index in [-0.39, 0.29) is 17.3 Å². The summed E-state index contributed by atoms with van der Waals surface area (Å²) in [5, 5.41) is 10.5. The van der Waals surface area contributed by atoms with E-state index >= 15 is 0 Å². The number of benzene rings is 1. The van der Waals surface area contributed by atoms with Crippen molar-refractivity contribution < 1.29 is 9.90 Å². The molecule has 138 valence electrons. The van der Waals surface area contributed by atoms with Crippen LogP contribution in [-0.4, -0.2) is 39.7 Å². The number of aliphatic hydroxyl groups is 1. The van der Waals surface area contributed by atoms with Crippen molar-refractivity contribution in [2.45, 2.75) is 32.3 Å². The molecule has 5 nitrogen and oxygen atoms in total. The number of pyridine rings is 1. The molecule has 1 N–H and O–H groups in total. The fourth-order valence-electron chi connectivity index (χ4n) is 3.64. The summed E-state index contributed by atoms with van der Waals surface area (Å²) < 4.78 is 1.76. The number of likely N-dealkylation sites (tertiary alicyclic amines) is 1. The van der Waals surface area contributed by atoms with Gasteiger partial charge in [-0.25, -0.2) is 0 Å². The van der Waals surface area contributed by atoms with Crippen molar-refractivity contribution >= 4 is 5.91 Å². The first-order chi connectivity index (χ1) is 12.5. The van der Waals surface area contributed by atoms with Crippen molar-refractivity contribution in [2.24, 2.45) is 13.0 Å². The number of aliphatic hydroxyl groups excluding tert-OH is 1. The molecule has 1 aromatic carbocycles. The van der Waals surface area contributed by atoms with E-state index < -0.39 is 6.10 Å². The maximum atomic E-state index is 12.8. The van der Waals surface area contributed by atoms with E-state index in [0.29, 0.717) is 25.2 Å². The molecule has 1 aliphatic heterocycles. The van der Waals surface area contributed by atoms with E-state index in [2.05, 4.69) is 0 Å². The van der Waals surface area contributed by atoms with Crippen molar-refractivity contribution in [3.8, 4) is 0 Å². The van der Waals surface area contributed by atoms with Gasteiger partial charge in [0.2, 0.25) is 0 Å². The number of aryl methyl sites for hydroxylation is 1. The quantitative estimate of drug-likeness (QED) is 0.915. The Morgan fingerprint density at radius 3 is 2.50 bits per heavy atom. The molecule has 2 aromatic rings. The lowest BCUT2D eigenvalue weighted by atomic mass is 9.88. The van der Waals surface area contributed by atoms with E-state index in [0.717, 1.165) is 24.1 Å². The molecule has 0 aliphatic carbocycles. The molecule has 1 aliphatic rings. The lowest BCUT2D eigenvalue weighted by Crippen LogP contribution is -2.42. The summed E-state index contributed by atoms with van der Waals surface area (Å²) in [6, 6.07) is 12.9. The van der Waals surface area contributed by atoms with Crippen molar-refractivity contribution in [2.75, 3.05) is 13.1 Å². The monoisotopic (exact) mass is 354 g/mol. The molecule has 3 rings (SSSR count). The van der Waals surface area contributed by atoms with Gasteiger partial charge in [-0.3, -0.25) is 9.59 Å². The zero-order chi connectivity index (χ0) is 18.7. The van der Waals surface area contributed by atoms with Crippen molar-refractivity contribution in [3.05, 3.63) is 69.6 Å². The van der Waals surface area contributed by atoms with Crippen LogP contribution in [0.3, 0.4) is 0 Å². The third-order valence-electron chi connectivity index (χ3n) is 5.40. The summed E-state index contributed by atoms with van der Waals surface area (Å²) in [5.74, 6) is 0.0879. The lowest BCUT2D eigenvalue weighted by molar-refractivity contribution is 0.0460. The molecule has 1 unspecified atom stereocenters. The molecule has 2 heterocycles. The first-order valence-corrected chi connectivity index (χ1v) is 9.14. The minimum absolute atomic E-state index is 0.107. The molecule has 1 fully saturated rings. The van der Waals surface area contributed by atoms with E-state index in [1.807, 2.05) is 37.3 Å². The van der Waals surface area contributed by atoms with Gasteiger partial charge in [-0.2, -0.15) is 0 Å². The molecular formula is C21H26N2O3. The Bertz CT molecular complexity index is 821. The molecule has 5 heteroatoms. The van der Waals surface area contributed by atoms with Crippen molar-refractivity contribution in [3.63, 3.8) is 0 Å². The Morgan fingerprint density at radius 1 is 1.19 bits per heavy atom. The molecule has 1 saturated heterocycles. The number of piperidine rings is 1. The minimum atomic E-state index is -0.391. The van der Waals surface area contributed by atoms with Gasteiger partial charge in [0.05, 0.1) is 6.10 Å². The zero-order valence-corrected chi connectivity index (χ0v) is 15.4. The molecule has 0 bridgehead atoms. The average molecular weight is 354 g/mol. The second-order valence-electron chi connectivity index (χ2n) is 7.16. The first-order valence-electron chi connectivity index (χ1n) is 9.14. The predicted octanol–water partition coefficient (Wildman–Crippen LogP) is 2.15. The van der Waals surface area contributed by atoms with E-state index in [4.69, 9.17) is 0 Å². The fourth-order valence-corrected chi connectivity index (χ4v) is 3.64. The normalized spacial score (nSPS) is 16.5. The maximum Gasteiger partial charge on any atom is 0.270 e. The van der Waals surface area contributed by atoms with Gasteiger partial charge in [0.1, 0.15) is 5.69 Å². The summed E-state index contributed by atoms with van der Waals surface area (Å²) in [6.45, 7) is 3.04. The van der Waals surface area contributed by atoms with Gasteiger partial charge in [0.25, 0.3) is 5.91 Å². The van der Waals surface area contributed by atoms with Crippen molar-refractivity contribution in [1.29, 1.82) is 0 Å². The van der Waals surface area contributed by atoms with Crippen LogP contribution in [0, 0.1) is 12.8 Å². The van der Waals surface area contributed by atoms with Crippen LogP contribution in [0.15, 0.2) is 47.3 Å². The highest BCUT2D eigenvalue weighted by molar-refractivity contribution is 5.92. The molecular weight excluding hydrogens is 328 g/mol. The van der Waals surface area contributed by atoms with Crippen LogP contribution in [0.1, 0.15) is 34.6 Å². The number of carbonyl (C=O) groups is 1. The van der Waals surface area contributed by atoms with Crippen LogP contribution in [-0.2, 0) is 13.5 Å². The highest BCUT2D eigenvalue weighted by Gasteiger charge is 2.28. The van der Waals surface area contributed by atoms with Crippen LogP contribution in [0.2, 0.25) is 0 Å². The van der Waals surface area contributed by atoms with Gasteiger partial charge in [0.15, 0.2) is 5.43 Å². The van der Waals surface area contributed by atoms with Crippen molar-refractivity contribution in [1.82, 2.24) is 9.47 Å². The number of hydrogen-bond acceptors (Lipinski definition) is 3. The first kappa shape index (κ1) is 18.4. The standard InChI is InChI=1S/C21H26N2O3/c1-15-12-18(24)14-19(22(15)2)21(26)23-10-8-17(9-11-23)20(25)13-16-6-4-3-5-7-16/h3-7,12,14,17,20,25H,8-11,13H2,1-2H3. The van der Waals surface area contributed by atoms with Crippen LogP contribution in [0.5, 0.6) is 0 Å². The topological polar surface area (TPSA) is 62.5 Å². The largest absolute Gasteiger partial charge is 0.392 e. The molecule has 26 heavy (non-hydrogen) atoms. The average Bonchev–Trinajstić information content (AvgIpc) is 2.65. The summed E-state index contributed by atoms with van der Waals surface area (Å²) in [4.78, 5) is 26.3. The SMILES string of the molecule is Cc1cc(=O)cc(C(=O)N2CCC(C(O)Cc3ccccc3)CC2)n1C. The Labute approximate surface area is 153 Å². The second-order valence-corrected chi connectivity index (χ2v) is 7.16. The number of aromatic nitrogens is 1. The van der Waals surface area contributed by atoms with Crippen LogP contribution in [0.25, 0.3) is 0 Å². The smallest absolute Gasteiger partial charge is 0.270 e. The predicted molar refractivity (Wildman–Crippen MR) is 101 cm³/mol. The molecule has 0 saturated carbocycles. The van der Waals surface area contributed by atoms with Gasteiger partial charge in [-0.15, -0.1) is 0 Å². The van der Waals surface area contributed by atoms with Gasteiger partial charge in [-0.1, -0.05) is 30.3 Å². The lowest BCUT2D eigenvalue weighted by Gasteiger charge is -2.34. The van der Waals surface area contributed by atoms with Gasteiger partial charge < -0.3 is 14.6 Å². The summed E-state index contributed by atoms with van der Waals surface area (Å²) in [6.07, 6.45) is 1.81. The Balaban J connectivity index is 1.61. The Kier molecular flexibility index (Phi) is 5.57. The number of nitrogens with zero attached hydrogens (tertiary/aromatic N) is 2. The molecule has 0 spiro atoms. The fraction of sp³-hybridized carbons (Fsp3) is 0.429. The Morgan fingerprint density at radius 2 is 1.85 bits per heavy atom. The van der Waals surface area contributed by atoms with E-state index in [9.17, 15) is 14.7 Å². The maximum absolute atomic E-state index is 12.8. The van der Waals surface area contributed by atoms with Gasteiger partial charge in [-0.05, 0) is 37.7 Å². The minimum Gasteiger partial charge on any atom is -0.392 e. The van der Waals surface area contributed by atoms with E-state index in [1.165, 1.54) is 12.1 Å². The van der Waals surface area contributed by atoms with Crippen LogP contribution < -0.4 is 5.43 Å². The molecule has 1 amide bonds. The zero-order valence-electron chi connectivity index (χ0n) is 15.4. The summed E-state index contributed by atoms with van der Waals surface area (Å²) in [7, 11) is 1.80. The number of hydrogen-bond donors (Lipinski definition) is 1. The molecule has 0 radical (unpaired) electrons.